The zero-order chi connectivity index (χ0) is 15.7. The van der Waals surface area contributed by atoms with E-state index in [1.807, 2.05) is 36.4 Å². The highest BCUT2D eigenvalue weighted by molar-refractivity contribution is 6.06. The number of benzene rings is 3. The van der Waals surface area contributed by atoms with Gasteiger partial charge in [0.15, 0.2) is 0 Å². The first-order chi connectivity index (χ1) is 10.6. The van der Waals surface area contributed by atoms with Crippen LogP contribution < -0.4 is 4.90 Å². The summed E-state index contributed by atoms with van der Waals surface area (Å²) in [6.07, 6.45) is 0. The second kappa shape index (κ2) is 5.56. The Morgan fingerprint density at radius 2 is 1.64 bits per heavy atom. The van der Waals surface area contributed by atoms with Gasteiger partial charge in [-0.3, -0.25) is 4.79 Å². The zero-order valence-corrected chi connectivity index (χ0v) is 11.9. The summed E-state index contributed by atoms with van der Waals surface area (Å²) < 4.78 is 26.7. The predicted molar refractivity (Wildman–Crippen MR) is 83.0 cm³/mol. The lowest BCUT2D eigenvalue weighted by atomic mass is 10.1. The third-order valence-electron chi connectivity index (χ3n) is 3.59. The van der Waals surface area contributed by atoms with Crippen LogP contribution in [-0.4, -0.2) is 13.0 Å². The van der Waals surface area contributed by atoms with E-state index in [0.717, 1.165) is 22.9 Å². The number of carbonyl (C=O) groups is 1. The molecule has 0 saturated carbocycles. The van der Waals surface area contributed by atoms with E-state index in [1.54, 1.807) is 13.1 Å². The molecule has 0 radical (unpaired) electrons. The number of amides is 1. The molecular formula is C18H13F2NO. The number of hydrogen-bond donors (Lipinski definition) is 0. The van der Waals surface area contributed by atoms with Gasteiger partial charge in [-0.25, -0.2) is 8.78 Å². The second-order valence-electron chi connectivity index (χ2n) is 5.02. The Hall–Kier alpha value is -2.75. The van der Waals surface area contributed by atoms with Crippen LogP contribution in [0.15, 0.2) is 60.7 Å². The van der Waals surface area contributed by atoms with Gasteiger partial charge in [0.2, 0.25) is 0 Å². The second-order valence-corrected chi connectivity index (χ2v) is 5.02. The fourth-order valence-electron chi connectivity index (χ4n) is 2.35. The van der Waals surface area contributed by atoms with Gasteiger partial charge < -0.3 is 4.90 Å². The van der Waals surface area contributed by atoms with Gasteiger partial charge in [-0.05, 0) is 35.0 Å². The molecule has 110 valence electrons. The number of carbonyl (C=O) groups excluding carboxylic acids is 1. The molecule has 1 amide bonds. The normalized spacial score (nSPS) is 10.7. The molecule has 0 atom stereocenters. The van der Waals surface area contributed by atoms with E-state index in [4.69, 9.17) is 0 Å². The van der Waals surface area contributed by atoms with E-state index in [9.17, 15) is 13.6 Å². The van der Waals surface area contributed by atoms with Crippen molar-refractivity contribution >= 4 is 22.4 Å². The molecule has 3 rings (SSSR count). The van der Waals surface area contributed by atoms with Gasteiger partial charge in [-0.2, -0.15) is 0 Å². The summed E-state index contributed by atoms with van der Waals surface area (Å²) in [7, 11) is 1.56. The number of hydrogen-bond acceptors (Lipinski definition) is 1. The van der Waals surface area contributed by atoms with E-state index in [-0.39, 0.29) is 5.56 Å². The highest BCUT2D eigenvalue weighted by atomic mass is 19.1. The van der Waals surface area contributed by atoms with Crippen LogP contribution in [0.3, 0.4) is 0 Å². The van der Waals surface area contributed by atoms with Gasteiger partial charge in [0, 0.05) is 18.8 Å². The predicted octanol–water partition coefficient (Wildman–Crippen LogP) is 4.39. The first-order valence-corrected chi connectivity index (χ1v) is 6.78. The monoisotopic (exact) mass is 297 g/mol. The van der Waals surface area contributed by atoms with Crippen molar-refractivity contribution in [3.8, 4) is 0 Å². The van der Waals surface area contributed by atoms with Gasteiger partial charge in [0.25, 0.3) is 5.91 Å². The first-order valence-electron chi connectivity index (χ1n) is 6.78. The summed E-state index contributed by atoms with van der Waals surface area (Å²) in [6.45, 7) is 0. The maximum atomic E-state index is 13.7. The number of rotatable bonds is 2. The van der Waals surface area contributed by atoms with Crippen LogP contribution in [0, 0.1) is 11.6 Å². The Kier molecular flexibility index (Phi) is 3.59. The Morgan fingerprint density at radius 1 is 0.909 bits per heavy atom. The van der Waals surface area contributed by atoms with Crippen molar-refractivity contribution in [1.29, 1.82) is 0 Å². The van der Waals surface area contributed by atoms with Crippen molar-refractivity contribution in [2.45, 2.75) is 0 Å². The Labute approximate surface area is 126 Å². The van der Waals surface area contributed by atoms with Crippen LogP contribution in [0.4, 0.5) is 14.5 Å². The van der Waals surface area contributed by atoms with E-state index < -0.39 is 17.5 Å². The van der Waals surface area contributed by atoms with E-state index in [0.29, 0.717) is 11.8 Å². The van der Waals surface area contributed by atoms with Crippen LogP contribution in [-0.2, 0) is 0 Å². The van der Waals surface area contributed by atoms with Crippen LogP contribution in [0.2, 0.25) is 0 Å². The van der Waals surface area contributed by atoms with E-state index in [1.165, 1.54) is 4.90 Å². The molecule has 3 aromatic carbocycles. The summed E-state index contributed by atoms with van der Waals surface area (Å²) in [5.74, 6) is -2.09. The Morgan fingerprint density at radius 3 is 2.36 bits per heavy atom. The molecule has 0 saturated heterocycles. The van der Waals surface area contributed by atoms with Crippen LogP contribution in [0.5, 0.6) is 0 Å². The van der Waals surface area contributed by atoms with Gasteiger partial charge >= 0.3 is 0 Å². The lowest BCUT2D eigenvalue weighted by molar-refractivity contribution is 0.0989. The number of fused-ring (bicyclic) bond motifs is 1. The minimum absolute atomic E-state index is 0.156. The zero-order valence-electron chi connectivity index (χ0n) is 11.9. The fraction of sp³-hybridized carbons (Fsp3) is 0.0556. The highest BCUT2D eigenvalue weighted by Crippen LogP contribution is 2.23. The summed E-state index contributed by atoms with van der Waals surface area (Å²) in [4.78, 5) is 13.7. The van der Waals surface area contributed by atoms with Crippen LogP contribution >= 0.6 is 0 Å². The average molecular weight is 297 g/mol. The number of nitrogens with zero attached hydrogens (tertiary/aromatic N) is 1. The van der Waals surface area contributed by atoms with Gasteiger partial charge in [-0.1, -0.05) is 30.3 Å². The maximum Gasteiger partial charge on any atom is 0.260 e. The minimum Gasteiger partial charge on any atom is -0.311 e. The summed E-state index contributed by atoms with van der Waals surface area (Å²) in [5.41, 5.74) is 0.490. The quantitative estimate of drug-likeness (QED) is 0.687. The van der Waals surface area contributed by atoms with Crippen molar-refractivity contribution in [2.24, 2.45) is 0 Å². The SMILES string of the molecule is CN(C(=O)c1ccc(F)cc1F)c1ccc2ccccc2c1. The third kappa shape index (κ3) is 2.55. The summed E-state index contributed by atoms with van der Waals surface area (Å²) >= 11 is 0. The molecule has 0 aliphatic carbocycles. The Bertz CT molecular complexity index is 861. The molecule has 0 spiro atoms. The average Bonchev–Trinajstić information content (AvgIpc) is 2.53. The number of anilines is 1. The van der Waals surface area contributed by atoms with E-state index in [2.05, 4.69) is 0 Å². The van der Waals surface area contributed by atoms with Crippen molar-refractivity contribution in [3.63, 3.8) is 0 Å². The van der Waals surface area contributed by atoms with Crippen molar-refractivity contribution in [2.75, 3.05) is 11.9 Å². The standard InChI is InChI=1S/C18H13F2NO/c1-21(18(22)16-9-7-14(19)11-17(16)20)15-8-6-12-4-2-3-5-13(12)10-15/h2-11H,1H3. The molecule has 0 fully saturated rings. The first kappa shape index (κ1) is 14.2. The molecular weight excluding hydrogens is 284 g/mol. The lowest BCUT2D eigenvalue weighted by Gasteiger charge is -2.18. The molecule has 3 aromatic rings. The molecule has 0 aliphatic rings. The molecule has 4 heteroatoms. The van der Waals surface area contributed by atoms with E-state index >= 15 is 0 Å². The summed E-state index contributed by atoms with van der Waals surface area (Å²) in [5, 5.41) is 2.04. The molecule has 0 aliphatic heterocycles. The topological polar surface area (TPSA) is 20.3 Å². The molecule has 0 aromatic heterocycles. The van der Waals surface area contributed by atoms with Crippen molar-refractivity contribution in [3.05, 3.63) is 77.9 Å². The smallest absolute Gasteiger partial charge is 0.260 e. The molecule has 0 N–H and O–H groups in total. The largest absolute Gasteiger partial charge is 0.311 e. The molecule has 0 heterocycles. The summed E-state index contributed by atoms with van der Waals surface area (Å²) in [6, 6.07) is 16.2. The highest BCUT2D eigenvalue weighted by Gasteiger charge is 2.18. The minimum atomic E-state index is -0.863. The van der Waals surface area contributed by atoms with Gasteiger partial charge in [0.05, 0.1) is 5.56 Å². The number of halogens is 2. The fourth-order valence-corrected chi connectivity index (χ4v) is 2.35. The molecule has 0 bridgehead atoms. The van der Waals surface area contributed by atoms with Gasteiger partial charge in [0.1, 0.15) is 11.6 Å². The van der Waals surface area contributed by atoms with Crippen LogP contribution in [0.25, 0.3) is 10.8 Å². The van der Waals surface area contributed by atoms with Crippen LogP contribution in [0.1, 0.15) is 10.4 Å². The maximum absolute atomic E-state index is 13.7. The third-order valence-corrected chi connectivity index (χ3v) is 3.59. The van der Waals surface area contributed by atoms with Gasteiger partial charge in [-0.15, -0.1) is 0 Å². The molecule has 22 heavy (non-hydrogen) atoms. The van der Waals surface area contributed by atoms with Crippen molar-refractivity contribution < 1.29 is 13.6 Å². The van der Waals surface area contributed by atoms with Crippen molar-refractivity contribution in [1.82, 2.24) is 0 Å². The Balaban J connectivity index is 1.97. The molecule has 2 nitrogen and oxygen atoms in total. The molecule has 0 unspecified atom stereocenters. The lowest BCUT2D eigenvalue weighted by Crippen LogP contribution is -2.27.